The van der Waals surface area contributed by atoms with Crippen molar-refractivity contribution in [3.8, 4) is 5.75 Å². The molecule has 0 amide bonds. The zero-order valence-corrected chi connectivity index (χ0v) is 7.65. The third-order valence-electron chi connectivity index (χ3n) is 1.49. The van der Waals surface area contributed by atoms with Crippen molar-refractivity contribution in [3.63, 3.8) is 0 Å². The van der Waals surface area contributed by atoms with E-state index in [1.165, 1.54) is 12.1 Å². The molecule has 1 nitrogen and oxygen atoms in total. The van der Waals surface area contributed by atoms with Crippen molar-refractivity contribution in [2.75, 3.05) is 0 Å². The van der Waals surface area contributed by atoms with Gasteiger partial charge in [0.15, 0.2) is 0 Å². The third kappa shape index (κ3) is 1.71. The van der Waals surface area contributed by atoms with Crippen LogP contribution in [-0.2, 0) is 6.42 Å². The minimum Gasteiger partial charge on any atom is -0.506 e. The van der Waals surface area contributed by atoms with E-state index in [0.29, 0.717) is 16.5 Å². The highest BCUT2D eigenvalue weighted by atomic mass is 79.9. The lowest BCUT2D eigenvalue weighted by Gasteiger charge is -2.02. The number of halogens is 2. The van der Waals surface area contributed by atoms with E-state index >= 15 is 0 Å². The van der Waals surface area contributed by atoms with Crippen molar-refractivity contribution in [3.05, 3.63) is 28.0 Å². The minimum absolute atomic E-state index is 0.133. The molecule has 0 heterocycles. The highest BCUT2D eigenvalue weighted by Crippen LogP contribution is 2.28. The van der Waals surface area contributed by atoms with Crippen LogP contribution in [0.25, 0.3) is 0 Å². The first-order valence-corrected chi connectivity index (χ1v) is 4.11. The Bertz CT molecular complexity index is 273. The first-order valence-electron chi connectivity index (χ1n) is 3.32. The van der Waals surface area contributed by atoms with Crippen molar-refractivity contribution in [1.29, 1.82) is 0 Å². The molecule has 60 valence electrons. The SMILES string of the molecule is CCc1cc(F)cc(Br)c1O. The zero-order chi connectivity index (χ0) is 8.43. The summed E-state index contributed by atoms with van der Waals surface area (Å²) in [4.78, 5) is 0. The molecule has 0 fully saturated rings. The Kier molecular flexibility index (Phi) is 2.49. The van der Waals surface area contributed by atoms with E-state index < -0.39 is 0 Å². The normalized spacial score (nSPS) is 10.1. The molecule has 0 bridgehead atoms. The van der Waals surface area contributed by atoms with Gasteiger partial charge in [-0.2, -0.15) is 0 Å². The first-order chi connectivity index (χ1) is 5.15. The van der Waals surface area contributed by atoms with Gasteiger partial charge in [0.05, 0.1) is 4.47 Å². The lowest BCUT2D eigenvalue weighted by molar-refractivity contribution is 0.462. The zero-order valence-electron chi connectivity index (χ0n) is 6.06. The second kappa shape index (κ2) is 3.22. The molecule has 0 aliphatic carbocycles. The van der Waals surface area contributed by atoms with E-state index in [4.69, 9.17) is 0 Å². The van der Waals surface area contributed by atoms with Crippen molar-refractivity contribution < 1.29 is 9.50 Å². The fourth-order valence-corrected chi connectivity index (χ4v) is 1.36. The number of hydrogen-bond acceptors (Lipinski definition) is 1. The summed E-state index contributed by atoms with van der Waals surface area (Å²) < 4.78 is 13.1. The predicted molar refractivity (Wildman–Crippen MR) is 45.1 cm³/mol. The van der Waals surface area contributed by atoms with Gasteiger partial charge in [-0.3, -0.25) is 0 Å². The Balaban J connectivity index is 3.24. The van der Waals surface area contributed by atoms with Crippen LogP contribution in [0.15, 0.2) is 16.6 Å². The predicted octanol–water partition coefficient (Wildman–Crippen LogP) is 2.86. The number of rotatable bonds is 1. The fourth-order valence-electron chi connectivity index (χ4n) is 0.889. The van der Waals surface area contributed by atoms with E-state index in [1.807, 2.05) is 6.92 Å². The van der Waals surface area contributed by atoms with Gasteiger partial charge in [-0.15, -0.1) is 0 Å². The molecule has 0 unspecified atom stereocenters. The molecule has 0 saturated heterocycles. The lowest BCUT2D eigenvalue weighted by atomic mass is 10.1. The number of phenolic OH excluding ortho intramolecular Hbond substituents is 1. The summed E-state index contributed by atoms with van der Waals surface area (Å²) in [5.41, 5.74) is 0.622. The highest BCUT2D eigenvalue weighted by Gasteiger charge is 2.05. The Hall–Kier alpha value is -0.570. The topological polar surface area (TPSA) is 20.2 Å². The summed E-state index contributed by atoms with van der Waals surface area (Å²) in [6, 6.07) is 2.58. The van der Waals surface area contributed by atoms with Crippen LogP contribution in [0.4, 0.5) is 4.39 Å². The van der Waals surface area contributed by atoms with E-state index in [1.54, 1.807) is 0 Å². The van der Waals surface area contributed by atoms with Crippen LogP contribution in [0, 0.1) is 5.82 Å². The van der Waals surface area contributed by atoms with Crippen LogP contribution in [0.5, 0.6) is 5.75 Å². The lowest BCUT2D eigenvalue weighted by Crippen LogP contribution is -1.85. The number of benzene rings is 1. The molecule has 1 rings (SSSR count). The third-order valence-corrected chi connectivity index (χ3v) is 2.09. The molecular formula is C8H8BrFO. The summed E-state index contributed by atoms with van der Waals surface area (Å²) in [7, 11) is 0. The van der Waals surface area contributed by atoms with Gasteiger partial charge in [0, 0.05) is 0 Å². The molecule has 0 aliphatic heterocycles. The maximum atomic E-state index is 12.7. The van der Waals surface area contributed by atoms with Gasteiger partial charge in [-0.1, -0.05) is 6.92 Å². The molecule has 1 aromatic carbocycles. The van der Waals surface area contributed by atoms with Crippen LogP contribution < -0.4 is 0 Å². The second-order valence-corrected chi connectivity index (χ2v) is 3.10. The van der Waals surface area contributed by atoms with Gasteiger partial charge in [0.2, 0.25) is 0 Å². The number of aromatic hydroxyl groups is 1. The van der Waals surface area contributed by atoms with E-state index in [2.05, 4.69) is 15.9 Å². The molecule has 0 aromatic heterocycles. The first kappa shape index (κ1) is 8.53. The minimum atomic E-state index is -0.327. The van der Waals surface area contributed by atoms with Crippen LogP contribution in [-0.4, -0.2) is 5.11 Å². The van der Waals surface area contributed by atoms with Crippen molar-refractivity contribution >= 4 is 15.9 Å². The quantitative estimate of drug-likeness (QED) is 0.769. The average Bonchev–Trinajstić information content (AvgIpc) is 1.96. The van der Waals surface area contributed by atoms with Crippen molar-refractivity contribution in [1.82, 2.24) is 0 Å². The van der Waals surface area contributed by atoms with E-state index in [9.17, 15) is 9.50 Å². The van der Waals surface area contributed by atoms with Crippen LogP contribution in [0.2, 0.25) is 0 Å². The molecular weight excluding hydrogens is 211 g/mol. The van der Waals surface area contributed by atoms with Crippen LogP contribution >= 0.6 is 15.9 Å². The van der Waals surface area contributed by atoms with Gasteiger partial charge in [-0.05, 0) is 40.0 Å². The summed E-state index contributed by atoms with van der Waals surface area (Å²) in [6.07, 6.45) is 0.627. The maximum Gasteiger partial charge on any atom is 0.133 e. The molecule has 11 heavy (non-hydrogen) atoms. The Labute approximate surface area is 73.0 Å². The second-order valence-electron chi connectivity index (χ2n) is 2.25. The van der Waals surface area contributed by atoms with Crippen molar-refractivity contribution in [2.45, 2.75) is 13.3 Å². The molecule has 3 heteroatoms. The fraction of sp³-hybridized carbons (Fsp3) is 0.250. The average molecular weight is 219 g/mol. The Morgan fingerprint density at radius 1 is 1.55 bits per heavy atom. The van der Waals surface area contributed by atoms with Gasteiger partial charge in [-0.25, -0.2) is 4.39 Å². The Morgan fingerprint density at radius 3 is 2.73 bits per heavy atom. The van der Waals surface area contributed by atoms with Gasteiger partial charge >= 0.3 is 0 Å². The van der Waals surface area contributed by atoms with Crippen LogP contribution in [0.1, 0.15) is 12.5 Å². The molecule has 0 saturated carbocycles. The molecule has 1 N–H and O–H groups in total. The smallest absolute Gasteiger partial charge is 0.133 e. The molecule has 0 spiro atoms. The maximum absolute atomic E-state index is 12.7. The molecule has 1 aromatic rings. The monoisotopic (exact) mass is 218 g/mol. The largest absolute Gasteiger partial charge is 0.506 e. The number of aryl methyl sites for hydroxylation is 1. The highest BCUT2D eigenvalue weighted by molar-refractivity contribution is 9.10. The van der Waals surface area contributed by atoms with E-state index in [0.717, 1.165) is 0 Å². The van der Waals surface area contributed by atoms with Gasteiger partial charge in [0.1, 0.15) is 11.6 Å². The van der Waals surface area contributed by atoms with E-state index in [-0.39, 0.29) is 11.6 Å². The number of phenols is 1. The standard InChI is InChI=1S/C8H8BrFO/c1-2-5-3-6(10)4-7(9)8(5)11/h3-4,11H,2H2,1H3. The van der Waals surface area contributed by atoms with Crippen LogP contribution in [0.3, 0.4) is 0 Å². The van der Waals surface area contributed by atoms with Gasteiger partial charge < -0.3 is 5.11 Å². The molecule has 0 radical (unpaired) electrons. The number of hydrogen-bond donors (Lipinski definition) is 1. The summed E-state index contributed by atoms with van der Waals surface area (Å²) in [6.45, 7) is 1.86. The Morgan fingerprint density at radius 2 is 2.18 bits per heavy atom. The summed E-state index contributed by atoms with van der Waals surface area (Å²) >= 11 is 3.05. The summed E-state index contributed by atoms with van der Waals surface area (Å²) in [5, 5.41) is 9.31. The molecule has 0 atom stereocenters. The van der Waals surface area contributed by atoms with Crippen molar-refractivity contribution in [2.24, 2.45) is 0 Å². The summed E-state index contributed by atoms with van der Waals surface area (Å²) in [5.74, 6) is -0.194. The molecule has 0 aliphatic rings. The van der Waals surface area contributed by atoms with Gasteiger partial charge in [0.25, 0.3) is 0 Å².